The minimum atomic E-state index is -3.70. The van der Waals surface area contributed by atoms with Crippen molar-refractivity contribution in [3.05, 3.63) is 65.5 Å². The molecule has 0 radical (unpaired) electrons. The molecular formula is C16H18FNO3S. The molecule has 1 N–H and O–H groups in total. The molecule has 2 aromatic carbocycles. The van der Waals surface area contributed by atoms with E-state index in [1.165, 1.54) is 19.2 Å². The third kappa shape index (κ3) is 3.91. The molecule has 0 spiro atoms. The fourth-order valence-corrected chi connectivity index (χ4v) is 3.18. The van der Waals surface area contributed by atoms with Crippen molar-refractivity contribution in [1.29, 1.82) is 0 Å². The lowest BCUT2D eigenvalue weighted by Gasteiger charge is -2.18. The van der Waals surface area contributed by atoms with Gasteiger partial charge in [-0.25, -0.2) is 17.5 Å². The summed E-state index contributed by atoms with van der Waals surface area (Å²) in [6.07, 6.45) is -0.392. The van der Waals surface area contributed by atoms with Crippen molar-refractivity contribution in [1.82, 2.24) is 4.72 Å². The number of ether oxygens (including phenoxy) is 1. The first-order valence-electron chi connectivity index (χ1n) is 6.77. The van der Waals surface area contributed by atoms with E-state index in [-0.39, 0.29) is 11.4 Å². The van der Waals surface area contributed by atoms with Crippen LogP contribution in [0.15, 0.2) is 53.4 Å². The number of hydrogen-bond donors (Lipinski definition) is 1. The van der Waals surface area contributed by atoms with Gasteiger partial charge in [-0.3, -0.25) is 0 Å². The predicted molar refractivity (Wildman–Crippen MR) is 82.5 cm³/mol. The fraction of sp³-hybridized carbons (Fsp3) is 0.250. The molecule has 1 atom stereocenters. The van der Waals surface area contributed by atoms with Crippen LogP contribution in [0.1, 0.15) is 17.2 Å². The summed E-state index contributed by atoms with van der Waals surface area (Å²) in [6.45, 7) is 2.04. The van der Waals surface area contributed by atoms with Gasteiger partial charge in [-0.05, 0) is 42.3 Å². The number of halogens is 1. The van der Waals surface area contributed by atoms with Crippen LogP contribution in [-0.4, -0.2) is 22.1 Å². The highest BCUT2D eigenvalue weighted by Gasteiger charge is 2.18. The minimum absolute atomic E-state index is 0.0218. The standard InChI is InChI=1S/C16H18FNO3S/c1-12-5-3-4-6-15(12)16(21-2)11-18-22(19,20)14-9-7-13(17)8-10-14/h3-10,16,18H,11H2,1-2H3. The zero-order valence-corrected chi connectivity index (χ0v) is 13.2. The molecule has 22 heavy (non-hydrogen) atoms. The molecule has 6 heteroatoms. The van der Waals surface area contributed by atoms with Gasteiger partial charge in [0.15, 0.2) is 0 Å². The number of rotatable bonds is 6. The first-order chi connectivity index (χ1) is 10.4. The first-order valence-corrected chi connectivity index (χ1v) is 8.26. The van der Waals surface area contributed by atoms with Crippen LogP contribution in [0.4, 0.5) is 4.39 Å². The molecule has 118 valence electrons. The van der Waals surface area contributed by atoms with Crippen LogP contribution >= 0.6 is 0 Å². The van der Waals surface area contributed by atoms with E-state index >= 15 is 0 Å². The van der Waals surface area contributed by atoms with Crippen molar-refractivity contribution in [3.8, 4) is 0 Å². The number of sulfonamides is 1. The molecule has 0 bridgehead atoms. The lowest BCUT2D eigenvalue weighted by molar-refractivity contribution is 0.107. The monoisotopic (exact) mass is 323 g/mol. The Kier molecular flexibility index (Phi) is 5.28. The topological polar surface area (TPSA) is 55.4 Å². The average molecular weight is 323 g/mol. The van der Waals surface area contributed by atoms with Crippen molar-refractivity contribution in [2.75, 3.05) is 13.7 Å². The molecule has 0 fully saturated rings. The Morgan fingerprint density at radius 3 is 2.36 bits per heavy atom. The Morgan fingerprint density at radius 1 is 1.14 bits per heavy atom. The summed E-state index contributed by atoms with van der Waals surface area (Å²) in [6, 6.07) is 12.3. The Bertz CT molecular complexity index is 729. The molecular weight excluding hydrogens is 305 g/mol. The summed E-state index contributed by atoms with van der Waals surface area (Å²) in [5.41, 5.74) is 1.95. The SMILES string of the molecule is COC(CNS(=O)(=O)c1ccc(F)cc1)c1ccccc1C. The molecule has 0 saturated heterocycles. The van der Waals surface area contributed by atoms with E-state index in [0.29, 0.717) is 0 Å². The third-order valence-electron chi connectivity index (χ3n) is 3.40. The van der Waals surface area contributed by atoms with E-state index < -0.39 is 21.9 Å². The van der Waals surface area contributed by atoms with E-state index in [1.807, 2.05) is 31.2 Å². The summed E-state index contributed by atoms with van der Waals surface area (Å²) >= 11 is 0. The Balaban J connectivity index is 2.13. The third-order valence-corrected chi connectivity index (χ3v) is 4.84. The molecule has 1 unspecified atom stereocenters. The summed E-state index contributed by atoms with van der Waals surface area (Å²) in [5.74, 6) is -0.478. The molecule has 0 saturated carbocycles. The van der Waals surface area contributed by atoms with Crippen LogP contribution in [0.3, 0.4) is 0 Å². The molecule has 0 aliphatic heterocycles. The van der Waals surface area contributed by atoms with Crippen LogP contribution in [0.5, 0.6) is 0 Å². The smallest absolute Gasteiger partial charge is 0.240 e. The van der Waals surface area contributed by atoms with E-state index in [1.54, 1.807) is 0 Å². The van der Waals surface area contributed by atoms with Crippen molar-refractivity contribution in [2.24, 2.45) is 0 Å². The first kappa shape index (κ1) is 16.6. The van der Waals surface area contributed by atoms with Gasteiger partial charge in [-0.1, -0.05) is 24.3 Å². The Morgan fingerprint density at radius 2 is 1.77 bits per heavy atom. The molecule has 2 aromatic rings. The largest absolute Gasteiger partial charge is 0.375 e. The summed E-state index contributed by atoms with van der Waals surface area (Å²) < 4.78 is 45.1. The van der Waals surface area contributed by atoms with Gasteiger partial charge in [-0.15, -0.1) is 0 Å². The minimum Gasteiger partial charge on any atom is -0.375 e. The van der Waals surface area contributed by atoms with Gasteiger partial charge in [-0.2, -0.15) is 0 Å². The van der Waals surface area contributed by atoms with Crippen LogP contribution in [0.2, 0.25) is 0 Å². The second-order valence-electron chi connectivity index (χ2n) is 4.89. The second kappa shape index (κ2) is 7.00. The van der Waals surface area contributed by atoms with Crippen molar-refractivity contribution < 1.29 is 17.5 Å². The Labute approximate surface area is 130 Å². The lowest BCUT2D eigenvalue weighted by atomic mass is 10.0. The van der Waals surface area contributed by atoms with Gasteiger partial charge in [0.2, 0.25) is 10.0 Å². The van der Waals surface area contributed by atoms with E-state index in [0.717, 1.165) is 23.3 Å². The Hall–Kier alpha value is -1.76. The normalized spacial score (nSPS) is 13.0. The predicted octanol–water partition coefficient (Wildman–Crippen LogP) is 2.80. The molecule has 0 aliphatic carbocycles. The number of methoxy groups -OCH3 is 1. The van der Waals surface area contributed by atoms with Crippen LogP contribution < -0.4 is 4.72 Å². The summed E-state index contributed by atoms with van der Waals surface area (Å²) in [7, 11) is -2.17. The van der Waals surface area contributed by atoms with Crippen molar-refractivity contribution in [3.63, 3.8) is 0 Å². The molecule has 2 rings (SSSR count). The average Bonchev–Trinajstić information content (AvgIpc) is 2.50. The van der Waals surface area contributed by atoms with Crippen LogP contribution in [0, 0.1) is 12.7 Å². The summed E-state index contributed by atoms with van der Waals surface area (Å²) in [5, 5.41) is 0. The summed E-state index contributed by atoms with van der Waals surface area (Å²) in [4.78, 5) is 0.0218. The fourth-order valence-electron chi connectivity index (χ4n) is 2.15. The number of hydrogen-bond acceptors (Lipinski definition) is 3. The zero-order valence-electron chi connectivity index (χ0n) is 12.4. The van der Waals surface area contributed by atoms with Crippen molar-refractivity contribution in [2.45, 2.75) is 17.9 Å². The molecule has 0 heterocycles. The van der Waals surface area contributed by atoms with Gasteiger partial charge < -0.3 is 4.74 Å². The van der Waals surface area contributed by atoms with E-state index in [2.05, 4.69) is 4.72 Å². The highest BCUT2D eigenvalue weighted by atomic mass is 32.2. The van der Waals surface area contributed by atoms with Crippen LogP contribution in [0.25, 0.3) is 0 Å². The van der Waals surface area contributed by atoms with Gasteiger partial charge in [0.05, 0.1) is 11.0 Å². The second-order valence-corrected chi connectivity index (χ2v) is 6.65. The van der Waals surface area contributed by atoms with Gasteiger partial charge in [0, 0.05) is 13.7 Å². The lowest BCUT2D eigenvalue weighted by Crippen LogP contribution is -2.29. The molecule has 0 aliphatic rings. The maximum absolute atomic E-state index is 12.9. The van der Waals surface area contributed by atoms with Gasteiger partial charge in [0.25, 0.3) is 0 Å². The van der Waals surface area contributed by atoms with Gasteiger partial charge >= 0.3 is 0 Å². The quantitative estimate of drug-likeness (QED) is 0.889. The number of aryl methyl sites for hydroxylation is 1. The molecule has 0 amide bonds. The molecule has 4 nitrogen and oxygen atoms in total. The van der Waals surface area contributed by atoms with Crippen molar-refractivity contribution >= 4 is 10.0 Å². The van der Waals surface area contributed by atoms with Crippen LogP contribution in [-0.2, 0) is 14.8 Å². The number of benzene rings is 2. The highest BCUT2D eigenvalue weighted by molar-refractivity contribution is 7.89. The van der Waals surface area contributed by atoms with Gasteiger partial charge in [0.1, 0.15) is 5.82 Å². The molecule has 0 aromatic heterocycles. The zero-order chi connectivity index (χ0) is 16.2. The van der Waals surface area contributed by atoms with E-state index in [4.69, 9.17) is 4.74 Å². The maximum atomic E-state index is 12.9. The maximum Gasteiger partial charge on any atom is 0.240 e. The highest BCUT2D eigenvalue weighted by Crippen LogP contribution is 2.20. The van der Waals surface area contributed by atoms with E-state index in [9.17, 15) is 12.8 Å². The number of nitrogens with one attached hydrogen (secondary N) is 1.